The summed E-state index contributed by atoms with van der Waals surface area (Å²) in [6.07, 6.45) is 0. The van der Waals surface area contributed by atoms with E-state index in [0.29, 0.717) is 6.54 Å². The van der Waals surface area contributed by atoms with Gasteiger partial charge < -0.3 is 11.5 Å². The first-order valence-electron chi connectivity index (χ1n) is 5.02. The molecule has 7 heteroatoms. The molecule has 0 fully saturated rings. The van der Waals surface area contributed by atoms with E-state index in [4.69, 9.17) is 11.5 Å². The fourth-order valence-corrected chi connectivity index (χ4v) is 1.77. The highest BCUT2D eigenvalue weighted by Crippen LogP contribution is 2.20. The minimum Gasteiger partial charge on any atom is -0.369 e. The van der Waals surface area contributed by atoms with Gasteiger partial charge in [-0.1, -0.05) is 0 Å². The Hall–Kier alpha value is -2.05. The molecule has 0 radical (unpaired) electrons. The third-order valence-corrected chi connectivity index (χ3v) is 2.44. The molecular formula is C9H14N6O. The second-order valence-electron chi connectivity index (χ2n) is 3.60. The van der Waals surface area contributed by atoms with Crippen molar-refractivity contribution in [3.05, 3.63) is 5.69 Å². The first-order valence-corrected chi connectivity index (χ1v) is 5.02. The number of fused-ring (bicyclic) bond motifs is 1. The van der Waals surface area contributed by atoms with Gasteiger partial charge in [0.1, 0.15) is 12.1 Å². The molecule has 0 bridgehead atoms. The largest absolute Gasteiger partial charge is 0.369 e. The summed E-state index contributed by atoms with van der Waals surface area (Å²) in [6, 6.07) is 0. The smallest absolute Gasteiger partial charge is 0.237 e. The van der Waals surface area contributed by atoms with E-state index in [1.807, 2.05) is 13.8 Å². The zero-order chi connectivity index (χ0) is 11.9. The van der Waals surface area contributed by atoms with Gasteiger partial charge in [-0.15, -0.1) is 0 Å². The van der Waals surface area contributed by atoms with Crippen molar-refractivity contribution in [3.63, 3.8) is 0 Å². The van der Waals surface area contributed by atoms with E-state index < -0.39 is 5.91 Å². The van der Waals surface area contributed by atoms with E-state index in [2.05, 4.69) is 10.1 Å². The van der Waals surface area contributed by atoms with Gasteiger partial charge in [0, 0.05) is 6.54 Å². The van der Waals surface area contributed by atoms with Crippen molar-refractivity contribution < 1.29 is 4.79 Å². The minimum atomic E-state index is -0.451. The van der Waals surface area contributed by atoms with Crippen molar-refractivity contribution in [2.24, 2.45) is 5.73 Å². The number of nitrogens with zero attached hydrogens (tertiary/aromatic N) is 4. The molecular weight excluding hydrogens is 208 g/mol. The van der Waals surface area contributed by atoms with Crippen LogP contribution in [-0.4, -0.2) is 25.2 Å². The monoisotopic (exact) mass is 222 g/mol. The minimum absolute atomic E-state index is 0.0213. The number of nitrogen functional groups attached to an aromatic ring is 1. The Labute approximate surface area is 92.0 Å². The molecule has 16 heavy (non-hydrogen) atoms. The van der Waals surface area contributed by atoms with Gasteiger partial charge >= 0.3 is 0 Å². The van der Waals surface area contributed by atoms with E-state index in [1.165, 1.54) is 0 Å². The maximum Gasteiger partial charge on any atom is 0.237 e. The van der Waals surface area contributed by atoms with Gasteiger partial charge in [-0.05, 0) is 13.8 Å². The Balaban J connectivity index is 2.70. The molecule has 2 heterocycles. The second-order valence-corrected chi connectivity index (χ2v) is 3.60. The number of nitrogens with two attached hydrogens (primary N) is 2. The maximum atomic E-state index is 11.0. The lowest BCUT2D eigenvalue weighted by Crippen LogP contribution is -2.20. The van der Waals surface area contributed by atoms with E-state index in [-0.39, 0.29) is 12.5 Å². The molecule has 7 nitrogen and oxygen atoms in total. The van der Waals surface area contributed by atoms with Crippen LogP contribution < -0.4 is 11.5 Å². The molecule has 0 spiro atoms. The number of hydrogen-bond donors (Lipinski definition) is 2. The van der Waals surface area contributed by atoms with Crippen molar-refractivity contribution in [3.8, 4) is 0 Å². The van der Waals surface area contributed by atoms with Gasteiger partial charge in [0.2, 0.25) is 11.9 Å². The average molecular weight is 222 g/mol. The van der Waals surface area contributed by atoms with E-state index in [9.17, 15) is 4.79 Å². The van der Waals surface area contributed by atoms with E-state index in [0.717, 1.165) is 16.9 Å². The van der Waals surface area contributed by atoms with Crippen LogP contribution in [0.5, 0.6) is 0 Å². The maximum absolute atomic E-state index is 11.0. The van der Waals surface area contributed by atoms with Gasteiger partial charge in [-0.3, -0.25) is 9.36 Å². The van der Waals surface area contributed by atoms with Gasteiger partial charge in [0.05, 0.1) is 5.69 Å². The van der Waals surface area contributed by atoms with Gasteiger partial charge in [0.25, 0.3) is 0 Å². The number of imidazole rings is 1. The quantitative estimate of drug-likeness (QED) is 0.739. The molecule has 2 aromatic heterocycles. The van der Waals surface area contributed by atoms with Crippen LogP contribution in [0.25, 0.3) is 11.2 Å². The predicted molar refractivity (Wildman–Crippen MR) is 59.5 cm³/mol. The number of aromatic nitrogens is 4. The van der Waals surface area contributed by atoms with Gasteiger partial charge in [-0.25, -0.2) is 9.67 Å². The van der Waals surface area contributed by atoms with Crippen LogP contribution >= 0.6 is 0 Å². The lowest BCUT2D eigenvalue weighted by molar-refractivity contribution is -0.118. The van der Waals surface area contributed by atoms with Crippen molar-refractivity contribution >= 4 is 23.0 Å². The number of carbonyl (C=O) groups excluding carboxylic acids is 1. The first kappa shape index (κ1) is 10.5. The zero-order valence-corrected chi connectivity index (χ0v) is 9.27. The summed E-state index contributed by atoms with van der Waals surface area (Å²) < 4.78 is 3.35. The zero-order valence-electron chi connectivity index (χ0n) is 9.27. The summed E-state index contributed by atoms with van der Waals surface area (Å²) in [5.41, 5.74) is 13.2. The number of aryl methyl sites for hydroxylation is 2. The molecule has 0 atom stereocenters. The summed E-state index contributed by atoms with van der Waals surface area (Å²) >= 11 is 0. The summed E-state index contributed by atoms with van der Waals surface area (Å²) in [5, 5.41) is 4.30. The Morgan fingerprint density at radius 1 is 1.50 bits per heavy atom. The molecule has 4 N–H and O–H groups in total. The highest BCUT2D eigenvalue weighted by atomic mass is 16.1. The number of carbonyl (C=O) groups is 1. The fraction of sp³-hybridized carbons (Fsp3) is 0.444. The molecule has 2 aromatic rings. The standard InChI is InChI=1S/C9H14N6O/c1-3-15-8-7(5(2)13-15)12-9(11)14(8)4-6(10)16/h3-4H2,1-2H3,(H2,10,16)(H2,11,12). The molecule has 0 aliphatic carbocycles. The van der Waals surface area contributed by atoms with Crippen LogP contribution in [0.1, 0.15) is 12.6 Å². The second kappa shape index (κ2) is 3.51. The van der Waals surface area contributed by atoms with Gasteiger partial charge in [0.15, 0.2) is 5.65 Å². The lowest BCUT2D eigenvalue weighted by Gasteiger charge is -2.04. The van der Waals surface area contributed by atoms with Crippen molar-refractivity contribution in [1.29, 1.82) is 0 Å². The molecule has 0 saturated carbocycles. The molecule has 0 aliphatic rings. The van der Waals surface area contributed by atoms with Crippen LogP contribution in [-0.2, 0) is 17.9 Å². The topological polar surface area (TPSA) is 105 Å². The van der Waals surface area contributed by atoms with Crippen LogP contribution in [0, 0.1) is 6.92 Å². The van der Waals surface area contributed by atoms with Gasteiger partial charge in [-0.2, -0.15) is 5.10 Å². The van der Waals surface area contributed by atoms with Crippen molar-refractivity contribution in [2.75, 3.05) is 5.73 Å². The van der Waals surface area contributed by atoms with E-state index >= 15 is 0 Å². The summed E-state index contributed by atoms with van der Waals surface area (Å²) in [5.74, 6) is -0.163. The van der Waals surface area contributed by atoms with Crippen molar-refractivity contribution in [2.45, 2.75) is 26.9 Å². The third-order valence-electron chi connectivity index (χ3n) is 2.44. The summed E-state index contributed by atoms with van der Waals surface area (Å²) in [7, 11) is 0. The molecule has 0 aliphatic heterocycles. The highest BCUT2D eigenvalue weighted by molar-refractivity contribution is 5.81. The number of primary amides is 1. The lowest BCUT2D eigenvalue weighted by atomic mass is 10.4. The number of amides is 1. The number of anilines is 1. The summed E-state index contributed by atoms with van der Waals surface area (Å²) in [6.45, 7) is 4.53. The molecule has 86 valence electrons. The average Bonchev–Trinajstić information content (AvgIpc) is 2.67. The van der Waals surface area contributed by atoms with Crippen LogP contribution in [0.15, 0.2) is 0 Å². The Kier molecular flexibility index (Phi) is 2.30. The van der Waals surface area contributed by atoms with Crippen LogP contribution in [0.2, 0.25) is 0 Å². The first-order chi connectivity index (χ1) is 7.54. The Morgan fingerprint density at radius 3 is 2.75 bits per heavy atom. The molecule has 0 unspecified atom stereocenters. The van der Waals surface area contributed by atoms with Crippen LogP contribution in [0.4, 0.5) is 5.95 Å². The summed E-state index contributed by atoms with van der Waals surface area (Å²) in [4.78, 5) is 15.1. The SMILES string of the molecule is CCn1nc(C)c2nc(N)n(CC(N)=O)c21. The molecule has 0 aromatic carbocycles. The Morgan fingerprint density at radius 2 is 2.19 bits per heavy atom. The Bertz CT molecular complexity index is 552. The third kappa shape index (κ3) is 1.40. The number of hydrogen-bond acceptors (Lipinski definition) is 4. The molecule has 0 saturated heterocycles. The fourth-order valence-electron chi connectivity index (χ4n) is 1.77. The predicted octanol–water partition coefficient (Wildman–Crippen LogP) is -0.371. The van der Waals surface area contributed by atoms with Crippen LogP contribution in [0.3, 0.4) is 0 Å². The number of rotatable bonds is 3. The van der Waals surface area contributed by atoms with Crippen molar-refractivity contribution in [1.82, 2.24) is 19.3 Å². The normalized spacial score (nSPS) is 11.1. The molecule has 1 amide bonds. The highest BCUT2D eigenvalue weighted by Gasteiger charge is 2.17. The molecule has 2 rings (SSSR count). The van der Waals surface area contributed by atoms with E-state index in [1.54, 1.807) is 9.25 Å².